The van der Waals surface area contributed by atoms with E-state index in [4.69, 9.17) is 9.47 Å². The number of aromatic nitrogens is 2. The molecule has 0 aliphatic carbocycles. The summed E-state index contributed by atoms with van der Waals surface area (Å²) in [5.41, 5.74) is 0. The number of hydrogen-bond acceptors (Lipinski definition) is 4. The average Bonchev–Trinajstić information content (AvgIpc) is 2.66. The first-order valence-corrected chi connectivity index (χ1v) is 5.93. The zero-order valence-corrected chi connectivity index (χ0v) is 11.1. The molecule has 1 aromatic rings. The van der Waals surface area contributed by atoms with Gasteiger partial charge in [-0.15, -0.1) is 0 Å². The van der Waals surface area contributed by atoms with Crippen LogP contribution in [0.1, 0.15) is 13.8 Å². The molecule has 1 N–H and O–H groups in total. The summed E-state index contributed by atoms with van der Waals surface area (Å²) in [6.07, 6.45) is 3.79. The van der Waals surface area contributed by atoms with Crippen molar-refractivity contribution in [1.29, 1.82) is 0 Å². The molecule has 0 amide bonds. The van der Waals surface area contributed by atoms with E-state index in [-0.39, 0.29) is 6.04 Å². The van der Waals surface area contributed by atoms with Crippen LogP contribution >= 0.6 is 0 Å². The summed E-state index contributed by atoms with van der Waals surface area (Å²) in [6.45, 7) is 6.55. The van der Waals surface area contributed by atoms with E-state index < -0.39 is 0 Å². The third-order valence-corrected chi connectivity index (χ3v) is 2.47. The molecule has 98 valence electrons. The summed E-state index contributed by atoms with van der Waals surface area (Å²) < 4.78 is 12.3. The molecule has 0 saturated carbocycles. The SMILES string of the molecule is COCC(C)Cn1ccnc1NC(C)COC. The highest BCUT2D eigenvalue weighted by Gasteiger charge is 2.09. The number of ether oxygens (including phenoxy) is 2. The van der Waals surface area contributed by atoms with Gasteiger partial charge in [-0.25, -0.2) is 4.98 Å². The minimum Gasteiger partial charge on any atom is -0.384 e. The Morgan fingerprint density at radius 2 is 2.00 bits per heavy atom. The Bertz CT molecular complexity index is 286. The fourth-order valence-corrected chi connectivity index (χ4v) is 1.78. The Morgan fingerprint density at radius 1 is 1.29 bits per heavy atom. The van der Waals surface area contributed by atoms with Gasteiger partial charge in [0.25, 0.3) is 0 Å². The van der Waals surface area contributed by atoms with Crippen molar-refractivity contribution in [2.75, 3.05) is 32.8 Å². The van der Waals surface area contributed by atoms with Crippen molar-refractivity contribution in [3.05, 3.63) is 12.4 Å². The highest BCUT2D eigenvalue weighted by Crippen LogP contribution is 2.10. The number of anilines is 1. The fraction of sp³-hybridized carbons (Fsp3) is 0.750. The van der Waals surface area contributed by atoms with Gasteiger partial charge in [-0.3, -0.25) is 0 Å². The van der Waals surface area contributed by atoms with Crippen molar-refractivity contribution in [3.63, 3.8) is 0 Å². The molecule has 1 rings (SSSR count). The lowest BCUT2D eigenvalue weighted by molar-refractivity contribution is 0.151. The second-order valence-corrected chi connectivity index (χ2v) is 4.46. The zero-order valence-electron chi connectivity index (χ0n) is 11.1. The number of methoxy groups -OCH3 is 2. The molecule has 17 heavy (non-hydrogen) atoms. The van der Waals surface area contributed by atoms with E-state index in [2.05, 4.69) is 28.7 Å². The molecule has 0 aliphatic rings. The van der Waals surface area contributed by atoms with Gasteiger partial charge >= 0.3 is 0 Å². The van der Waals surface area contributed by atoms with Gasteiger partial charge < -0.3 is 19.4 Å². The highest BCUT2D eigenvalue weighted by atomic mass is 16.5. The van der Waals surface area contributed by atoms with Gasteiger partial charge in [0.2, 0.25) is 5.95 Å². The second kappa shape index (κ2) is 7.29. The number of hydrogen-bond donors (Lipinski definition) is 1. The van der Waals surface area contributed by atoms with Crippen molar-refractivity contribution in [1.82, 2.24) is 9.55 Å². The number of imidazole rings is 1. The van der Waals surface area contributed by atoms with Gasteiger partial charge in [0.05, 0.1) is 13.2 Å². The average molecular weight is 241 g/mol. The van der Waals surface area contributed by atoms with Gasteiger partial charge in [0, 0.05) is 39.2 Å². The topological polar surface area (TPSA) is 48.3 Å². The summed E-state index contributed by atoms with van der Waals surface area (Å²) in [5, 5.41) is 3.32. The molecule has 1 aromatic heterocycles. The molecular weight excluding hydrogens is 218 g/mol. The highest BCUT2D eigenvalue weighted by molar-refractivity contribution is 5.27. The monoisotopic (exact) mass is 241 g/mol. The van der Waals surface area contributed by atoms with Crippen LogP contribution in [0.2, 0.25) is 0 Å². The second-order valence-electron chi connectivity index (χ2n) is 4.46. The van der Waals surface area contributed by atoms with Crippen LogP contribution in [0.15, 0.2) is 12.4 Å². The third-order valence-electron chi connectivity index (χ3n) is 2.47. The number of rotatable bonds is 8. The lowest BCUT2D eigenvalue weighted by Crippen LogP contribution is -2.24. The lowest BCUT2D eigenvalue weighted by atomic mass is 10.2. The molecule has 0 aliphatic heterocycles. The molecule has 5 heteroatoms. The van der Waals surface area contributed by atoms with Crippen molar-refractivity contribution in [2.45, 2.75) is 26.4 Å². The molecular formula is C12H23N3O2. The first-order valence-electron chi connectivity index (χ1n) is 5.93. The minimum absolute atomic E-state index is 0.249. The normalized spacial score (nSPS) is 14.6. The van der Waals surface area contributed by atoms with E-state index >= 15 is 0 Å². The van der Waals surface area contributed by atoms with E-state index in [9.17, 15) is 0 Å². The Hall–Kier alpha value is -1.07. The summed E-state index contributed by atoms with van der Waals surface area (Å²) in [4.78, 5) is 4.31. The smallest absolute Gasteiger partial charge is 0.203 e. The van der Waals surface area contributed by atoms with E-state index in [1.54, 1.807) is 20.4 Å². The Balaban J connectivity index is 2.53. The largest absolute Gasteiger partial charge is 0.384 e. The molecule has 5 nitrogen and oxygen atoms in total. The molecule has 0 spiro atoms. The molecule has 1 heterocycles. The van der Waals surface area contributed by atoms with Crippen molar-refractivity contribution in [3.8, 4) is 0 Å². The third kappa shape index (κ3) is 4.75. The van der Waals surface area contributed by atoms with Gasteiger partial charge in [0.15, 0.2) is 0 Å². The molecule has 2 atom stereocenters. The summed E-state index contributed by atoms with van der Waals surface area (Å²) in [5.74, 6) is 1.35. The van der Waals surface area contributed by atoms with Crippen molar-refractivity contribution >= 4 is 5.95 Å². The zero-order chi connectivity index (χ0) is 12.7. The van der Waals surface area contributed by atoms with Crippen LogP contribution in [-0.2, 0) is 16.0 Å². The number of nitrogens with one attached hydrogen (secondary N) is 1. The van der Waals surface area contributed by atoms with Crippen LogP contribution in [0.3, 0.4) is 0 Å². The van der Waals surface area contributed by atoms with Gasteiger partial charge in [-0.2, -0.15) is 0 Å². The van der Waals surface area contributed by atoms with E-state index in [1.165, 1.54) is 0 Å². The van der Waals surface area contributed by atoms with Crippen LogP contribution in [0, 0.1) is 5.92 Å². The van der Waals surface area contributed by atoms with Crippen LogP contribution in [0.4, 0.5) is 5.95 Å². The molecule has 0 radical (unpaired) electrons. The molecule has 0 saturated heterocycles. The molecule has 0 bridgehead atoms. The van der Waals surface area contributed by atoms with Crippen LogP contribution in [0.25, 0.3) is 0 Å². The Morgan fingerprint density at radius 3 is 2.65 bits per heavy atom. The van der Waals surface area contributed by atoms with E-state index in [0.29, 0.717) is 12.5 Å². The van der Waals surface area contributed by atoms with Crippen LogP contribution in [0.5, 0.6) is 0 Å². The first kappa shape index (κ1) is 14.0. The predicted octanol–water partition coefficient (Wildman–Crippen LogP) is 1.61. The number of nitrogens with zero attached hydrogens (tertiary/aromatic N) is 2. The standard InChI is InChI=1S/C12H23N3O2/c1-10(8-16-3)7-15-6-5-13-12(15)14-11(2)9-17-4/h5-6,10-11H,7-9H2,1-4H3,(H,13,14). The molecule has 0 aromatic carbocycles. The fourth-order valence-electron chi connectivity index (χ4n) is 1.78. The lowest BCUT2D eigenvalue weighted by Gasteiger charge is -2.17. The van der Waals surface area contributed by atoms with E-state index in [0.717, 1.165) is 19.1 Å². The molecule has 2 unspecified atom stereocenters. The predicted molar refractivity (Wildman–Crippen MR) is 68.2 cm³/mol. The Labute approximate surface area is 103 Å². The molecule has 0 fully saturated rings. The summed E-state index contributed by atoms with van der Waals surface area (Å²) in [6, 6.07) is 0.249. The first-order chi connectivity index (χ1) is 8.17. The van der Waals surface area contributed by atoms with Gasteiger partial charge in [0.1, 0.15) is 0 Å². The summed E-state index contributed by atoms with van der Waals surface area (Å²) in [7, 11) is 3.43. The minimum atomic E-state index is 0.249. The van der Waals surface area contributed by atoms with Crippen molar-refractivity contribution < 1.29 is 9.47 Å². The maximum Gasteiger partial charge on any atom is 0.203 e. The van der Waals surface area contributed by atoms with Crippen molar-refractivity contribution in [2.24, 2.45) is 5.92 Å². The summed E-state index contributed by atoms with van der Waals surface area (Å²) >= 11 is 0. The van der Waals surface area contributed by atoms with Gasteiger partial charge in [-0.05, 0) is 12.8 Å². The van der Waals surface area contributed by atoms with E-state index in [1.807, 2.05) is 6.20 Å². The van der Waals surface area contributed by atoms with Gasteiger partial charge in [-0.1, -0.05) is 6.92 Å². The maximum absolute atomic E-state index is 5.14. The van der Waals surface area contributed by atoms with Crippen LogP contribution in [-0.4, -0.2) is 43.0 Å². The Kier molecular flexibility index (Phi) is 6.00. The maximum atomic E-state index is 5.14. The van der Waals surface area contributed by atoms with Crippen LogP contribution < -0.4 is 5.32 Å². The quantitative estimate of drug-likeness (QED) is 0.751.